The smallest absolute Gasteiger partial charge is 0.333 e. The Morgan fingerprint density at radius 2 is 2.44 bits per heavy atom. The van der Waals surface area contributed by atoms with Crippen LogP contribution < -0.4 is 11.1 Å². The largest absolute Gasteiger partial charge is 0.382 e. The molecular formula is C10H14N4O2. The number of pyridine rings is 1. The highest BCUT2D eigenvalue weighted by molar-refractivity contribution is 5.18. The van der Waals surface area contributed by atoms with Crippen molar-refractivity contribution in [3.63, 3.8) is 0 Å². The van der Waals surface area contributed by atoms with Crippen LogP contribution in [0.3, 0.4) is 0 Å². The van der Waals surface area contributed by atoms with E-state index >= 15 is 0 Å². The Labute approximate surface area is 93.3 Å². The van der Waals surface area contributed by atoms with E-state index < -0.39 is 4.92 Å². The second-order valence-electron chi connectivity index (χ2n) is 3.19. The lowest BCUT2D eigenvalue weighted by atomic mass is 10.1. The normalized spacial score (nSPS) is 11.8. The molecule has 0 spiro atoms. The van der Waals surface area contributed by atoms with Crippen LogP contribution in [0.4, 0.5) is 0 Å². The first-order valence-corrected chi connectivity index (χ1v) is 4.91. The summed E-state index contributed by atoms with van der Waals surface area (Å²) < 4.78 is 0. The minimum Gasteiger partial charge on any atom is -0.382 e. The zero-order valence-corrected chi connectivity index (χ0v) is 9.01. The molecule has 1 aromatic rings. The van der Waals surface area contributed by atoms with Crippen molar-refractivity contribution in [2.75, 3.05) is 6.54 Å². The van der Waals surface area contributed by atoms with Gasteiger partial charge in [-0.2, -0.15) is 0 Å². The molecule has 0 aliphatic carbocycles. The van der Waals surface area contributed by atoms with Gasteiger partial charge in [0.1, 0.15) is 5.70 Å². The van der Waals surface area contributed by atoms with Crippen molar-refractivity contribution in [2.24, 2.45) is 5.73 Å². The van der Waals surface area contributed by atoms with Crippen LogP contribution in [0.1, 0.15) is 12.5 Å². The summed E-state index contributed by atoms with van der Waals surface area (Å²) in [5.41, 5.74) is 6.69. The van der Waals surface area contributed by atoms with Gasteiger partial charge in [0.05, 0.1) is 0 Å². The zero-order valence-electron chi connectivity index (χ0n) is 9.01. The van der Waals surface area contributed by atoms with Crippen LogP contribution in [0.15, 0.2) is 36.0 Å². The third-order valence-electron chi connectivity index (χ3n) is 2.00. The highest BCUT2D eigenvalue weighted by atomic mass is 16.6. The predicted octanol–water partition coefficient (Wildman–Crippen LogP) is 0.638. The number of rotatable bonds is 5. The van der Waals surface area contributed by atoms with E-state index in [2.05, 4.69) is 10.3 Å². The highest BCUT2D eigenvalue weighted by Gasteiger charge is 2.11. The first kappa shape index (κ1) is 12.0. The average Bonchev–Trinajstić information content (AvgIpc) is 2.29. The molecule has 6 nitrogen and oxygen atoms in total. The van der Waals surface area contributed by atoms with Gasteiger partial charge in [-0.05, 0) is 23.5 Å². The van der Waals surface area contributed by atoms with Gasteiger partial charge in [-0.3, -0.25) is 10.7 Å². The lowest BCUT2D eigenvalue weighted by Crippen LogP contribution is -2.23. The van der Waals surface area contributed by atoms with Gasteiger partial charge in [-0.25, -0.2) is 0 Å². The monoisotopic (exact) mass is 222 g/mol. The number of hydrogen-bond donors (Lipinski definition) is 2. The van der Waals surface area contributed by atoms with E-state index in [0.29, 0.717) is 18.7 Å². The average molecular weight is 222 g/mol. The van der Waals surface area contributed by atoms with Crippen LogP contribution in [0.25, 0.3) is 0 Å². The van der Waals surface area contributed by atoms with Crippen molar-refractivity contribution in [1.82, 2.24) is 10.3 Å². The van der Waals surface area contributed by atoms with Crippen molar-refractivity contribution in [3.05, 3.63) is 51.7 Å². The van der Waals surface area contributed by atoms with Crippen LogP contribution in [0, 0.1) is 10.1 Å². The van der Waals surface area contributed by atoms with Crippen LogP contribution in [0.5, 0.6) is 0 Å². The molecule has 0 aliphatic rings. The lowest BCUT2D eigenvalue weighted by Gasteiger charge is -2.08. The van der Waals surface area contributed by atoms with Crippen LogP contribution >= 0.6 is 0 Å². The molecule has 0 bridgehead atoms. The fourth-order valence-corrected chi connectivity index (χ4v) is 1.27. The summed E-state index contributed by atoms with van der Waals surface area (Å²) in [6.45, 7) is 2.45. The maximum absolute atomic E-state index is 10.6. The summed E-state index contributed by atoms with van der Waals surface area (Å²) in [6.07, 6.45) is 3.69. The van der Waals surface area contributed by atoms with E-state index in [4.69, 9.17) is 5.73 Å². The Kier molecular flexibility index (Phi) is 4.26. The molecule has 0 radical (unpaired) electrons. The Morgan fingerprint density at radius 1 is 1.69 bits per heavy atom. The molecule has 0 saturated heterocycles. The molecule has 86 valence electrons. The maximum atomic E-state index is 10.6. The number of nitrogens with one attached hydrogen (secondary N) is 1. The number of allylic oxidation sites excluding steroid dienone is 1. The van der Waals surface area contributed by atoms with E-state index in [1.54, 1.807) is 18.5 Å². The first-order valence-electron chi connectivity index (χ1n) is 4.91. The molecule has 1 rings (SSSR count). The highest BCUT2D eigenvalue weighted by Crippen LogP contribution is 2.06. The molecule has 3 N–H and O–H groups in total. The van der Waals surface area contributed by atoms with Crippen molar-refractivity contribution >= 4 is 0 Å². The van der Waals surface area contributed by atoms with Gasteiger partial charge in [-0.15, -0.1) is 0 Å². The number of nitrogens with two attached hydrogens (primary N) is 1. The van der Waals surface area contributed by atoms with Crippen molar-refractivity contribution < 1.29 is 4.92 Å². The Balaban J connectivity index is 2.88. The van der Waals surface area contributed by atoms with Crippen molar-refractivity contribution in [1.29, 1.82) is 0 Å². The van der Waals surface area contributed by atoms with Gasteiger partial charge in [0.25, 0.3) is 0 Å². The van der Waals surface area contributed by atoms with E-state index in [9.17, 15) is 10.1 Å². The molecule has 16 heavy (non-hydrogen) atoms. The van der Waals surface area contributed by atoms with Crippen molar-refractivity contribution in [2.45, 2.75) is 13.3 Å². The summed E-state index contributed by atoms with van der Waals surface area (Å²) in [4.78, 5) is 13.9. The summed E-state index contributed by atoms with van der Waals surface area (Å²) in [7, 11) is 0. The zero-order chi connectivity index (χ0) is 12.0. The number of hydrogen-bond acceptors (Lipinski definition) is 5. The van der Waals surface area contributed by atoms with Crippen LogP contribution in [0.2, 0.25) is 0 Å². The van der Waals surface area contributed by atoms with Gasteiger partial charge in [-0.1, -0.05) is 6.07 Å². The number of nitrogens with zero attached hydrogens (tertiary/aromatic N) is 2. The molecule has 1 aromatic heterocycles. The molecule has 1 heterocycles. The fourth-order valence-electron chi connectivity index (χ4n) is 1.27. The third-order valence-corrected chi connectivity index (χ3v) is 2.00. The van der Waals surface area contributed by atoms with Crippen molar-refractivity contribution in [3.8, 4) is 0 Å². The van der Waals surface area contributed by atoms with Gasteiger partial charge < -0.3 is 15.4 Å². The summed E-state index contributed by atoms with van der Waals surface area (Å²) >= 11 is 0. The van der Waals surface area contributed by atoms with E-state index in [1.165, 1.54) is 0 Å². The molecule has 0 atom stereocenters. The Bertz CT molecular complexity index is 389. The SMILES string of the molecule is CCNC(Cc1cccnc1)=C(N)[N+](=O)[O-]. The minimum atomic E-state index is -0.589. The Hall–Kier alpha value is -2.11. The summed E-state index contributed by atoms with van der Waals surface area (Å²) in [5, 5.41) is 13.5. The Morgan fingerprint density at radius 3 is 2.94 bits per heavy atom. The molecule has 0 fully saturated rings. The predicted molar refractivity (Wildman–Crippen MR) is 59.8 cm³/mol. The second-order valence-corrected chi connectivity index (χ2v) is 3.19. The van der Waals surface area contributed by atoms with Gasteiger partial charge in [0.2, 0.25) is 0 Å². The van der Waals surface area contributed by atoms with Crippen LogP contribution in [-0.4, -0.2) is 16.5 Å². The maximum Gasteiger partial charge on any atom is 0.333 e. The van der Waals surface area contributed by atoms with Gasteiger partial charge >= 0.3 is 5.82 Å². The standard InChI is InChI=1S/C10H14N4O2/c1-2-13-9(10(11)14(15)16)6-8-4-3-5-12-7-8/h3-5,7,13H,2,6,11H2,1H3. The molecule has 0 saturated carbocycles. The number of aromatic nitrogens is 1. The second kappa shape index (κ2) is 5.69. The first-order chi connectivity index (χ1) is 7.65. The fraction of sp³-hybridized carbons (Fsp3) is 0.300. The molecule has 0 aromatic carbocycles. The minimum absolute atomic E-state index is 0.342. The quantitative estimate of drug-likeness (QED) is 0.563. The summed E-state index contributed by atoms with van der Waals surface area (Å²) in [5.74, 6) is -0.342. The third kappa shape index (κ3) is 3.23. The lowest BCUT2D eigenvalue weighted by molar-refractivity contribution is -0.428. The molecule has 0 aliphatic heterocycles. The summed E-state index contributed by atoms with van der Waals surface area (Å²) in [6, 6.07) is 3.62. The molecule has 0 unspecified atom stereocenters. The van der Waals surface area contributed by atoms with E-state index in [0.717, 1.165) is 5.56 Å². The molecule has 0 amide bonds. The van der Waals surface area contributed by atoms with Crippen LogP contribution in [-0.2, 0) is 6.42 Å². The molecular weight excluding hydrogens is 208 g/mol. The number of nitro groups is 1. The van der Waals surface area contributed by atoms with Gasteiger partial charge in [0.15, 0.2) is 0 Å². The molecule has 6 heteroatoms. The number of likely N-dealkylation sites (N-methyl/N-ethyl adjacent to an activating group) is 1. The van der Waals surface area contributed by atoms with Gasteiger partial charge in [0, 0.05) is 25.4 Å². The van der Waals surface area contributed by atoms with E-state index in [-0.39, 0.29) is 5.82 Å². The topological polar surface area (TPSA) is 94.1 Å². The van der Waals surface area contributed by atoms with E-state index in [1.807, 2.05) is 13.0 Å².